The molecule has 0 aromatic heterocycles. The number of unbranched alkanes of at least 4 members (excludes halogenated alkanes) is 1. The third kappa shape index (κ3) is 7.05. The predicted molar refractivity (Wildman–Crippen MR) is 104 cm³/mol. The molecule has 1 nitrogen and oxygen atoms in total. The second-order valence-electron chi connectivity index (χ2n) is 7.25. The number of benzene rings is 1. The van der Waals surface area contributed by atoms with Gasteiger partial charge in [-0.2, -0.15) is 0 Å². The van der Waals surface area contributed by atoms with Crippen LogP contribution in [0.1, 0.15) is 62.5 Å². The predicted octanol–water partition coefficient (Wildman–Crippen LogP) is 6.48. The summed E-state index contributed by atoms with van der Waals surface area (Å²) in [6, 6.07) is 9.02. The molecule has 0 bridgehead atoms. The van der Waals surface area contributed by atoms with Gasteiger partial charge in [0.25, 0.3) is 0 Å². The molecule has 0 atom stereocenters. The number of hydrogen-bond acceptors (Lipinski definition) is 1. The van der Waals surface area contributed by atoms with Gasteiger partial charge in [-0.25, -0.2) is 0 Å². The number of allylic oxidation sites excluding steroid dienone is 2. The highest BCUT2D eigenvalue weighted by Crippen LogP contribution is 2.33. The van der Waals surface area contributed by atoms with Gasteiger partial charge in [-0.1, -0.05) is 49.3 Å². The van der Waals surface area contributed by atoms with Crippen molar-refractivity contribution < 1.29 is 4.74 Å². The lowest BCUT2D eigenvalue weighted by Gasteiger charge is -2.27. The molecule has 24 heavy (non-hydrogen) atoms. The van der Waals surface area contributed by atoms with Gasteiger partial charge in [-0.15, -0.1) is 13.2 Å². The molecule has 0 N–H and O–H groups in total. The van der Waals surface area contributed by atoms with Crippen LogP contribution in [-0.4, -0.2) is 6.61 Å². The summed E-state index contributed by atoms with van der Waals surface area (Å²) in [5.74, 6) is 1.84. The largest absolute Gasteiger partial charge is 0.377 e. The van der Waals surface area contributed by atoms with Crippen LogP contribution in [0.15, 0.2) is 49.6 Å². The molecule has 0 saturated heterocycles. The maximum atomic E-state index is 5.69. The van der Waals surface area contributed by atoms with Crippen molar-refractivity contribution in [2.75, 3.05) is 6.61 Å². The second-order valence-corrected chi connectivity index (χ2v) is 7.25. The van der Waals surface area contributed by atoms with Crippen molar-refractivity contribution in [3.05, 3.63) is 60.7 Å². The van der Waals surface area contributed by atoms with E-state index in [0.717, 1.165) is 37.9 Å². The van der Waals surface area contributed by atoms with Crippen molar-refractivity contribution in [1.82, 2.24) is 0 Å². The first kappa shape index (κ1) is 19.0. The first-order chi connectivity index (χ1) is 11.8. The topological polar surface area (TPSA) is 9.23 Å². The van der Waals surface area contributed by atoms with E-state index >= 15 is 0 Å². The van der Waals surface area contributed by atoms with Crippen molar-refractivity contribution in [1.29, 1.82) is 0 Å². The van der Waals surface area contributed by atoms with Crippen LogP contribution < -0.4 is 0 Å². The minimum atomic E-state index is 0.727. The average Bonchev–Trinajstić information content (AvgIpc) is 2.62. The lowest BCUT2D eigenvalue weighted by Crippen LogP contribution is -2.14. The molecule has 1 saturated carbocycles. The van der Waals surface area contributed by atoms with Gasteiger partial charge in [-0.3, -0.25) is 0 Å². The fourth-order valence-corrected chi connectivity index (χ4v) is 3.68. The summed E-state index contributed by atoms with van der Waals surface area (Å²) in [5, 5.41) is 0. The zero-order valence-corrected chi connectivity index (χ0v) is 15.2. The smallest absolute Gasteiger partial charge is 0.0716 e. The molecule has 0 spiro atoms. The highest BCUT2D eigenvalue weighted by Gasteiger charge is 2.19. The number of rotatable bonds is 11. The Labute approximate surface area is 148 Å². The SMILES string of the molecule is C=CCCCOCc1ccc(CCC2CCC(CC=C)CC2)cc1. The van der Waals surface area contributed by atoms with E-state index in [-0.39, 0.29) is 0 Å². The van der Waals surface area contributed by atoms with Crippen LogP contribution in [0.5, 0.6) is 0 Å². The molecular weight excluding hydrogens is 292 g/mol. The molecule has 1 aromatic rings. The summed E-state index contributed by atoms with van der Waals surface area (Å²) in [6.45, 7) is 9.15. The highest BCUT2D eigenvalue weighted by atomic mass is 16.5. The van der Waals surface area contributed by atoms with E-state index in [1.807, 2.05) is 6.08 Å². The average molecular weight is 327 g/mol. The molecular formula is C23H34O. The van der Waals surface area contributed by atoms with Crippen LogP contribution in [0.25, 0.3) is 0 Å². The van der Waals surface area contributed by atoms with Gasteiger partial charge in [0.15, 0.2) is 0 Å². The molecule has 1 aliphatic rings. The van der Waals surface area contributed by atoms with Crippen molar-refractivity contribution >= 4 is 0 Å². The molecule has 132 valence electrons. The molecule has 1 aliphatic carbocycles. The van der Waals surface area contributed by atoms with Gasteiger partial charge in [0.05, 0.1) is 6.61 Å². The van der Waals surface area contributed by atoms with Crippen LogP contribution in [0.3, 0.4) is 0 Å². The lowest BCUT2D eigenvalue weighted by atomic mass is 9.78. The highest BCUT2D eigenvalue weighted by molar-refractivity contribution is 5.22. The first-order valence-electron chi connectivity index (χ1n) is 9.69. The van der Waals surface area contributed by atoms with Crippen molar-refractivity contribution in [3.8, 4) is 0 Å². The number of ether oxygens (including phenoxy) is 1. The van der Waals surface area contributed by atoms with Gasteiger partial charge >= 0.3 is 0 Å². The fraction of sp³-hybridized carbons (Fsp3) is 0.565. The second kappa shape index (κ2) is 11.3. The van der Waals surface area contributed by atoms with Crippen LogP contribution in [0, 0.1) is 11.8 Å². The van der Waals surface area contributed by atoms with Gasteiger partial charge in [0.1, 0.15) is 0 Å². The van der Waals surface area contributed by atoms with E-state index in [0.29, 0.717) is 0 Å². The van der Waals surface area contributed by atoms with Gasteiger partial charge in [-0.05, 0) is 67.9 Å². The van der Waals surface area contributed by atoms with E-state index in [2.05, 4.69) is 43.5 Å². The Balaban J connectivity index is 1.63. The van der Waals surface area contributed by atoms with E-state index in [1.165, 1.54) is 56.1 Å². The van der Waals surface area contributed by atoms with Crippen molar-refractivity contribution in [3.63, 3.8) is 0 Å². The Morgan fingerprint density at radius 1 is 0.917 bits per heavy atom. The number of aryl methyl sites for hydroxylation is 1. The summed E-state index contributed by atoms with van der Waals surface area (Å²) in [4.78, 5) is 0. The van der Waals surface area contributed by atoms with E-state index in [1.54, 1.807) is 0 Å². The van der Waals surface area contributed by atoms with Crippen molar-refractivity contribution in [2.45, 2.75) is 64.4 Å². The Hall–Kier alpha value is -1.34. The lowest BCUT2D eigenvalue weighted by molar-refractivity contribution is 0.119. The van der Waals surface area contributed by atoms with E-state index in [4.69, 9.17) is 4.74 Å². The first-order valence-corrected chi connectivity index (χ1v) is 9.69. The molecule has 0 amide bonds. The summed E-state index contributed by atoms with van der Waals surface area (Å²) in [5.41, 5.74) is 2.75. The minimum absolute atomic E-state index is 0.727. The molecule has 0 unspecified atom stereocenters. The quantitative estimate of drug-likeness (QED) is 0.334. The minimum Gasteiger partial charge on any atom is -0.377 e. The monoisotopic (exact) mass is 326 g/mol. The summed E-state index contributed by atoms with van der Waals surface area (Å²) >= 11 is 0. The van der Waals surface area contributed by atoms with Crippen LogP contribution in [0.2, 0.25) is 0 Å². The maximum Gasteiger partial charge on any atom is 0.0716 e. The molecule has 1 heteroatoms. The zero-order valence-electron chi connectivity index (χ0n) is 15.2. The van der Waals surface area contributed by atoms with Gasteiger partial charge in [0.2, 0.25) is 0 Å². The van der Waals surface area contributed by atoms with Crippen LogP contribution >= 0.6 is 0 Å². The third-order valence-electron chi connectivity index (χ3n) is 5.30. The number of hydrogen-bond donors (Lipinski definition) is 0. The van der Waals surface area contributed by atoms with Crippen LogP contribution in [-0.2, 0) is 17.8 Å². The molecule has 0 aliphatic heterocycles. The Morgan fingerprint density at radius 3 is 2.25 bits per heavy atom. The van der Waals surface area contributed by atoms with E-state index < -0.39 is 0 Å². The molecule has 0 radical (unpaired) electrons. The third-order valence-corrected chi connectivity index (χ3v) is 5.30. The van der Waals surface area contributed by atoms with Crippen LogP contribution in [0.4, 0.5) is 0 Å². The maximum absolute atomic E-state index is 5.69. The summed E-state index contributed by atoms with van der Waals surface area (Å²) in [6.07, 6.45) is 15.5. The Morgan fingerprint density at radius 2 is 1.58 bits per heavy atom. The summed E-state index contributed by atoms with van der Waals surface area (Å²) < 4.78 is 5.69. The fourth-order valence-electron chi connectivity index (χ4n) is 3.68. The van der Waals surface area contributed by atoms with Gasteiger partial charge in [0, 0.05) is 6.61 Å². The molecule has 0 heterocycles. The Bertz CT molecular complexity index is 465. The molecule has 1 aromatic carbocycles. The van der Waals surface area contributed by atoms with Gasteiger partial charge < -0.3 is 4.74 Å². The molecule has 1 fully saturated rings. The normalized spacial score (nSPS) is 20.7. The zero-order chi connectivity index (χ0) is 17.0. The van der Waals surface area contributed by atoms with E-state index in [9.17, 15) is 0 Å². The van der Waals surface area contributed by atoms with Crippen molar-refractivity contribution in [2.24, 2.45) is 11.8 Å². The molecule has 2 rings (SSSR count). The standard InChI is InChI=1S/C23H34O/c1-3-5-6-18-24-19-23-16-14-22(15-17-23)13-12-21-10-8-20(7-4-2)9-11-21/h3-4,14-17,20-21H,1-2,5-13,18-19H2. The summed E-state index contributed by atoms with van der Waals surface area (Å²) in [7, 11) is 0. The Kier molecular flexibility index (Phi) is 8.91.